The Morgan fingerprint density at radius 3 is 2.00 bits per heavy atom. The van der Waals surface area contributed by atoms with E-state index in [0.717, 1.165) is 45.8 Å². The first-order valence-electron chi connectivity index (χ1n) is 10.9. The maximum absolute atomic E-state index is 12.6. The molecule has 0 aromatic heterocycles. The molecule has 0 unspecified atom stereocenters. The van der Waals surface area contributed by atoms with Crippen LogP contribution in [0.1, 0.15) is 31.9 Å². The number of amides is 1. The highest BCUT2D eigenvalue weighted by atomic mass is 16.6. The quantitative estimate of drug-likeness (QED) is 0.768. The second-order valence-corrected chi connectivity index (χ2v) is 9.66. The molecule has 2 saturated heterocycles. The van der Waals surface area contributed by atoms with E-state index in [4.69, 9.17) is 4.74 Å². The van der Waals surface area contributed by atoms with Crippen LogP contribution in [0.25, 0.3) is 0 Å². The Kier molecular flexibility index (Phi) is 5.85. The minimum atomic E-state index is -0.463. The molecule has 160 valence electrons. The molecule has 0 atom stereocenters. The molecule has 2 aliphatic heterocycles. The lowest BCUT2D eigenvalue weighted by atomic mass is 9.84. The summed E-state index contributed by atoms with van der Waals surface area (Å²) in [5, 5.41) is 0. The molecule has 1 spiro atoms. The molecule has 2 aliphatic rings. The molecule has 0 aliphatic carbocycles. The van der Waals surface area contributed by atoms with Gasteiger partial charge < -0.3 is 9.64 Å². The fourth-order valence-electron chi connectivity index (χ4n) is 4.54. The zero-order chi connectivity index (χ0) is 21.2. The zero-order valence-electron chi connectivity index (χ0n) is 18.4. The fraction of sp³-hybridized carbons (Fsp3) is 0.480. The van der Waals surface area contributed by atoms with Gasteiger partial charge in [-0.15, -0.1) is 0 Å². The highest BCUT2D eigenvalue weighted by Gasteiger charge is 2.52. The maximum Gasteiger partial charge on any atom is 0.410 e. The zero-order valence-corrected chi connectivity index (χ0v) is 18.4. The van der Waals surface area contributed by atoms with Gasteiger partial charge in [-0.2, -0.15) is 0 Å². The first-order valence-corrected chi connectivity index (χ1v) is 10.9. The average molecular weight is 408 g/mol. The Morgan fingerprint density at radius 2 is 1.43 bits per heavy atom. The molecular weight excluding hydrogens is 374 g/mol. The molecule has 0 N–H and O–H groups in total. The van der Waals surface area contributed by atoms with Crippen molar-refractivity contribution in [3.8, 4) is 0 Å². The summed E-state index contributed by atoms with van der Waals surface area (Å²) in [4.78, 5) is 19.5. The summed E-state index contributed by atoms with van der Waals surface area (Å²) in [5.74, 6) is 0. The van der Waals surface area contributed by atoms with E-state index >= 15 is 0 Å². The van der Waals surface area contributed by atoms with Gasteiger partial charge in [-0.1, -0.05) is 60.7 Å². The standard InChI is InChI=1S/C25H33N3O2/c1-24(2,3)30-23(29)27-19-25(20-27)18-26(16-21-10-6-4-7-11-21)14-15-28(25)17-22-12-8-5-9-13-22/h4-13H,14-20H2,1-3H3. The number of piperazine rings is 1. The summed E-state index contributed by atoms with van der Waals surface area (Å²) in [6, 6.07) is 21.3. The summed E-state index contributed by atoms with van der Waals surface area (Å²) < 4.78 is 5.61. The fourth-order valence-corrected chi connectivity index (χ4v) is 4.54. The Balaban J connectivity index is 1.47. The van der Waals surface area contributed by atoms with Gasteiger partial charge in [0, 0.05) is 45.8 Å². The van der Waals surface area contributed by atoms with Crippen molar-refractivity contribution in [3.05, 3.63) is 71.8 Å². The van der Waals surface area contributed by atoms with Crippen molar-refractivity contribution in [1.29, 1.82) is 0 Å². The molecule has 5 heteroatoms. The van der Waals surface area contributed by atoms with Gasteiger partial charge in [0.05, 0.1) is 5.54 Å². The van der Waals surface area contributed by atoms with Crippen molar-refractivity contribution in [1.82, 2.24) is 14.7 Å². The van der Waals surface area contributed by atoms with Crippen LogP contribution >= 0.6 is 0 Å². The lowest BCUT2D eigenvalue weighted by Crippen LogP contribution is -2.77. The largest absolute Gasteiger partial charge is 0.444 e. The number of benzene rings is 2. The molecule has 2 heterocycles. The average Bonchev–Trinajstić information content (AvgIpc) is 2.67. The molecule has 2 fully saturated rings. The summed E-state index contributed by atoms with van der Waals surface area (Å²) in [5.41, 5.74) is 2.19. The summed E-state index contributed by atoms with van der Waals surface area (Å²) in [7, 11) is 0. The predicted molar refractivity (Wildman–Crippen MR) is 119 cm³/mol. The van der Waals surface area contributed by atoms with Gasteiger partial charge in [-0.3, -0.25) is 9.80 Å². The molecule has 5 nitrogen and oxygen atoms in total. The lowest BCUT2D eigenvalue weighted by molar-refractivity contribution is -0.106. The van der Waals surface area contributed by atoms with Crippen molar-refractivity contribution in [3.63, 3.8) is 0 Å². The van der Waals surface area contributed by atoms with E-state index in [0.29, 0.717) is 0 Å². The second kappa shape index (κ2) is 8.40. The van der Waals surface area contributed by atoms with Crippen molar-refractivity contribution in [2.24, 2.45) is 0 Å². The first-order chi connectivity index (χ1) is 14.3. The van der Waals surface area contributed by atoms with E-state index in [1.165, 1.54) is 11.1 Å². The number of rotatable bonds is 4. The van der Waals surface area contributed by atoms with Crippen LogP contribution in [0.3, 0.4) is 0 Å². The van der Waals surface area contributed by atoms with Crippen LogP contribution in [0.15, 0.2) is 60.7 Å². The predicted octanol–water partition coefficient (Wildman–Crippen LogP) is 3.99. The number of carbonyl (C=O) groups is 1. The Hall–Kier alpha value is -2.37. The number of ether oxygens (including phenoxy) is 1. The molecule has 30 heavy (non-hydrogen) atoms. The topological polar surface area (TPSA) is 36.0 Å². The first kappa shape index (κ1) is 20.9. The summed E-state index contributed by atoms with van der Waals surface area (Å²) >= 11 is 0. The minimum Gasteiger partial charge on any atom is -0.444 e. The number of nitrogens with zero attached hydrogens (tertiary/aromatic N) is 3. The van der Waals surface area contributed by atoms with E-state index in [2.05, 4.69) is 70.5 Å². The maximum atomic E-state index is 12.6. The number of hydrogen-bond acceptors (Lipinski definition) is 4. The van der Waals surface area contributed by atoms with Crippen LogP contribution in [0.5, 0.6) is 0 Å². The van der Waals surface area contributed by atoms with Gasteiger partial charge in [0.2, 0.25) is 0 Å². The molecule has 4 rings (SSSR count). The molecule has 2 aromatic rings. The molecular formula is C25H33N3O2. The smallest absolute Gasteiger partial charge is 0.410 e. The Bertz CT molecular complexity index is 842. The Labute approximate surface area is 180 Å². The highest BCUT2D eigenvalue weighted by Crippen LogP contribution is 2.34. The third-order valence-electron chi connectivity index (χ3n) is 5.96. The van der Waals surface area contributed by atoms with Gasteiger partial charge in [0.1, 0.15) is 5.60 Å². The highest BCUT2D eigenvalue weighted by molar-refractivity contribution is 5.70. The molecule has 0 bridgehead atoms. The monoisotopic (exact) mass is 407 g/mol. The van der Waals surface area contributed by atoms with Crippen molar-refractivity contribution in [2.75, 3.05) is 32.7 Å². The van der Waals surface area contributed by atoms with Gasteiger partial charge in [0.15, 0.2) is 0 Å². The van der Waals surface area contributed by atoms with Crippen LogP contribution in [0, 0.1) is 0 Å². The van der Waals surface area contributed by atoms with Crippen LogP contribution in [-0.2, 0) is 17.8 Å². The van der Waals surface area contributed by atoms with Gasteiger partial charge in [0.25, 0.3) is 0 Å². The van der Waals surface area contributed by atoms with Crippen LogP contribution in [-0.4, -0.2) is 64.7 Å². The minimum absolute atomic E-state index is 0.0141. The van der Waals surface area contributed by atoms with Crippen LogP contribution in [0.2, 0.25) is 0 Å². The van der Waals surface area contributed by atoms with E-state index in [9.17, 15) is 4.79 Å². The third kappa shape index (κ3) is 4.85. The van der Waals surface area contributed by atoms with E-state index in [1.807, 2.05) is 25.7 Å². The van der Waals surface area contributed by atoms with Gasteiger partial charge in [-0.25, -0.2) is 4.79 Å². The van der Waals surface area contributed by atoms with Gasteiger partial charge >= 0.3 is 6.09 Å². The summed E-state index contributed by atoms with van der Waals surface area (Å²) in [6.07, 6.45) is -0.201. The molecule has 1 amide bonds. The molecule has 0 radical (unpaired) electrons. The van der Waals surface area contributed by atoms with E-state index < -0.39 is 5.60 Å². The molecule has 2 aromatic carbocycles. The molecule has 0 saturated carbocycles. The number of hydrogen-bond donors (Lipinski definition) is 0. The van der Waals surface area contributed by atoms with Crippen LogP contribution < -0.4 is 0 Å². The second-order valence-electron chi connectivity index (χ2n) is 9.66. The number of carbonyl (C=O) groups excluding carboxylic acids is 1. The SMILES string of the molecule is CC(C)(C)OC(=O)N1CC2(CN(Cc3ccccc3)CCN2Cc2ccccc2)C1. The van der Waals surface area contributed by atoms with Crippen LogP contribution in [0.4, 0.5) is 4.79 Å². The van der Waals surface area contributed by atoms with Crippen molar-refractivity contribution < 1.29 is 9.53 Å². The Morgan fingerprint density at radius 1 is 0.867 bits per heavy atom. The van der Waals surface area contributed by atoms with E-state index in [-0.39, 0.29) is 11.6 Å². The van der Waals surface area contributed by atoms with Gasteiger partial charge in [-0.05, 0) is 31.9 Å². The normalized spacial score (nSPS) is 19.5. The van der Waals surface area contributed by atoms with Crippen molar-refractivity contribution >= 4 is 6.09 Å². The van der Waals surface area contributed by atoms with E-state index in [1.54, 1.807) is 0 Å². The third-order valence-corrected chi connectivity index (χ3v) is 5.96. The lowest BCUT2D eigenvalue weighted by Gasteiger charge is -2.59. The van der Waals surface area contributed by atoms with Crippen molar-refractivity contribution in [2.45, 2.75) is 45.0 Å². The number of likely N-dealkylation sites (tertiary alicyclic amines) is 1. The summed E-state index contributed by atoms with van der Waals surface area (Å²) in [6.45, 7) is 12.1.